The average Bonchev–Trinajstić information content (AvgIpc) is 2.98. The number of nitrogens with one attached hydrogen (secondary N) is 1. The molecule has 0 aliphatic carbocycles. The Bertz CT molecular complexity index is 1080. The first-order valence-electron chi connectivity index (χ1n) is 11.4. The molecule has 0 spiro atoms. The highest BCUT2D eigenvalue weighted by atomic mass is 16.1. The number of piperidine rings is 1. The lowest BCUT2D eigenvalue weighted by atomic mass is 10.0. The van der Waals surface area contributed by atoms with Crippen LogP contribution in [0, 0.1) is 0 Å². The molecule has 5 rings (SSSR count). The number of benzene rings is 2. The Morgan fingerprint density at radius 2 is 1.71 bits per heavy atom. The summed E-state index contributed by atoms with van der Waals surface area (Å²) in [5.74, 6) is 1.16. The molecular formula is C25H31N5O. The number of aromatic nitrogens is 2. The van der Waals surface area contributed by atoms with Gasteiger partial charge < -0.3 is 14.8 Å². The van der Waals surface area contributed by atoms with Crippen LogP contribution >= 0.6 is 0 Å². The molecule has 3 heterocycles. The second-order valence-electron chi connectivity index (χ2n) is 8.96. The number of anilines is 1. The maximum atomic E-state index is 11.2. The monoisotopic (exact) mass is 417 g/mol. The van der Waals surface area contributed by atoms with Gasteiger partial charge in [0.15, 0.2) is 0 Å². The first-order chi connectivity index (χ1) is 15.1. The van der Waals surface area contributed by atoms with Crippen molar-refractivity contribution in [1.82, 2.24) is 19.4 Å². The fourth-order valence-electron chi connectivity index (χ4n) is 5.06. The van der Waals surface area contributed by atoms with Crippen LogP contribution in [0.15, 0.2) is 42.5 Å². The van der Waals surface area contributed by atoms with Gasteiger partial charge in [0, 0.05) is 44.7 Å². The highest BCUT2D eigenvalue weighted by Crippen LogP contribution is 2.28. The van der Waals surface area contributed by atoms with Gasteiger partial charge in [-0.2, -0.15) is 0 Å². The van der Waals surface area contributed by atoms with Gasteiger partial charge in [0.1, 0.15) is 5.82 Å². The highest BCUT2D eigenvalue weighted by molar-refractivity contribution is 5.89. The molecule has 2 aliphatic heterocycles. The van der Waals surface area contributed by atoms with E-state index in [1.54, 1.807) is 0 Å². The van der Waals surface area contributed by atoms with Crippen molar-refractivity contribution in [3.05, 3.63) is 48.3 Å². The van der Waals surface area contributed by atoms with Gasteiger partial charge in [-0.25, -0.2) is 4.98 Å². The van der Waals surface area contributed by atoms with Gasteiger partial charge in [-0.1, -0.05) is 18.2 Å². The third-order valence-corrected chi connectivity index (χ3v) is 6.80. The molecule has 1 aromatic heterocycles. The molecule has 0 unspecified atom stereocenters. The van der Waals surface area contributed by atoms with Crippen molar-refractivity contribution in [1.29, 1.82) is 0 Å². The van der Waals surface area contributed by atoms with Gasteiger partial charge in [0.2, 0.25) is 5.91 Å². The highest BCUT2D eigenvalue weighted by Gasteiger charge is 2.26. The largest absolute Gasteiger partial charge is 0.327 e. The molecule has 0 saturated carbocycles. The van der Waals surface area contributed by atoms with Crippen molar-refractivity contribution in [2.45, 2.75) is 38.8 Å². The predicted octanol–water partition coefficient (Wildman–Crippen LogP) is 3.61. The van der Waals surface area contributed by atoms with E-state index in [0.717, 1.165) is 54.4 Å². The minimum atomic E-state index is -0.0527. The standard InChI is InChI=1S/C25H31N5O/c1-18(31)26-21-6-3-19(4-7-21)20-5-8-24-23(17-20)27-25-11-14-29(15-16-30(24)25)22-9-12-28(2)13-10-22/h3-8,17,22H,9-16H2,1-2H3,(H,26,31). The third-order valence-electron chi connectivity index (χ3n) is 6.80. The molecule has 1 amide bonds. The Morgan fingerprint density at radius 3 is 2.45 bits per heavy atom. The number of hydrogen-bond acceptors (Lipinski definition) is 4. The van der Waals surface area contributed by atoms with Crippen molar-refractivity contribution in [3.8, 4) is 11.1 Å². The molecule has 1 saturated heterocycles. The number of amides is 1. The SMILES string of the molecule is CC(=O)Nc1ccc(-c2ccc3c(c2)nc2n3CCN(C3CCN(C)CC3)CC2)cc1. The van der Waals surface area contributed by atoms with E-state index in [9.17, 15) is 4.79 Å². The summed E-state index contributed by atoms with van der Waals surface area (Å²) >= 11 is 0. The Labute approximate surface area is 183 Å². The lowest BCUT2D eigenvalue weighted by Gasteiger charge is -2.36. The molecule has 3 aromatic rings. The quantitative estimate of drug-likeness (QED) is 0.707. The van der Waals surface area contributed by atoms with Crippen LogP contribution in [0.5, 0.6) is 0 Å². The summed E-state index contributed by atoms with van der Waals surface area (Å²) in [6.07, 6.45) is 3.58. The molecule has 0 radical (unpaired) electrons. The van der Waals surface area contributed by atoms with E-state index in [1.165, 1.54) is 44.2 Å². The fraction of sp³-hybridized carbons (Fsp3) is 0.440. The van der Waals surface area contributed by atoms with Crippen LogP contribution in [0.25, 0.3) is 22.2 Å². The summed E-state index contributed by atoms with van der Waals surface area (Å²) in [7, 11) is 2.23. The predicted molar refractivity (Wildman–Crippen MR) is 125 cm³/mol. The van der Waals surface area contributed by atoms with Crippen molar-refractivity contribution < 1.29 is 4.79 Å². The van der Waals surface area contributed by atoms with E-state index in [2.05, 4.69) is 44.9 Å². The number of carbonyl (C=O) groups is 1. The van der Waals surface area contributed by atoms with Crippen molar-refractivity contribution >= 4 is 22.6 Å². The molecule has 0 atom stereocenters. The van der Waals surface area contributed by atoms with Crippen molar-refractivity contribution in [2.24, 2.45) is 0 Å². The molecule has 162 valence electrons. The van der Waals surface area contributed by atoms with Crippen molar-refractivity contribution in [2.75, 3.05) is 38.5 Å². The number of fused-ring (bicyclic) bond motifs is 3. The number of carbonyl (C=O) groups excluding carboxylic acids is 1. The van der Waals surface area contributed by atoms with Gasteiger partial charge in [-0.05, 0) is 68.4 Å². The molecule has 1 N–H and O–H groups in total. The summed E-state index contributed by atoms with van der Waals surface area (Å²) in [6, 6.07) is 15.3. The lowest BCUT2D eigenvalue weighted by molar-refractivity contribution is -0.114. The van der Waals surface area contributed by atoms with E-state index in [-0.39, 0.29) is 5.91 Å². The maximum Gasteiger partial charge on any atom is 0.221 e. The van der Waals surface area contributed by atoms with E-state index in [4.69, 9.17) is 4.98 Å². The Kier molecular flexibility index (Phi) is 5.50. The fourth-order valence-corrected chi connectivity index (χ4v) is 5.06. The molecule has 1 fully saturated rings. The van der Waals surface area contributed by atoms with Gasteiger partial charge in [-0.3, -0.25) is 9.69 Å². The average molecular weight is 418 g/mol. The Hall–Kier alpha value is -2.70. The lowest BCUT2D eigenvalue weighted by Crippen LogP contribution is -2.44. The number of likely N-dealkylation sites (tertiary alicyclic amines) is 1. The number of nitrogens with zero attached hydrogens (tertiary/aromatic N) is 4. The summed E-state index contributed by atoms with van der Waals surface area (Å²) < 4.78 is 2.42. The topological polar surface area (TPSA) is 53.4 Å². The first-order valence-corrected chi connectivity index (χ1v) is 11.4. The van der Waals surface area contributed by atoms with Crippen LogP contribution in [-0.4, -0.2) is 64.5 Å². The van der Waals surface area contributed by atoms with Gasteiger partial charge >= 0.3 is 0 Å². The van der Waals surface area contributed by atoms with Crippen LogP contribution in [-0.2, 0) is 17.8 Å². The molecule has 0 bridgehead atoms. The van der Waals surface area contributed by atoms with E-state index < -0.39 is 0 Å². The summed E-state index contributed by atoms with van der Waals surface area (Å²) in [5.41, 5.74) is 5.42. The van der Waals surface area contributed by atoms with Crippen LogP contribution < -0.4 is 5.32 Å². The van der Waals surface area contributed by atoms with Crippen LogP contribution in [0.1, 0.15) is 25.6 Å². The zero-order valence-corrected chi connectivity index (χ0v) is 18.5. The number of imidazole rings is 1. The number of hydrogen-bond donors (Lipinski definition) is 1. The Balaban J connectivity index is 1.34. The molecule has 6 heteroatoms. The minimum Gasteiger partial charge on any atom is -0.327 e. The third kappa shape index (κ3) is 4.23. The normalized spacial score (nSPS) is 18.6. The van der Waals surface area contributed by atoms with Crippen LogP contribution in [0.2, 0.25) is 0 Å². The zero-order valence-electron chi connectivity index (χ0n) is 18.5. The number of rotatable bonds is 3. The van der Waals surface area contributed by atoms with Crippen molar-refractivity contribution in [3.63, 3.8) is 0 Å². The second-order valence-corrected chi connectivity index (χ2v) is 8.96. The van der Waals surface area contributed by atoms with E-state index >= 15 is 0 Å². The summed E-state index contributed by atoms with van der Waals surface area (Å²) in [4.78, 5) is 21.4. The molecule has 2 aromatic carbocycles. The molecule has 2 aliphatic rings. The minimum absolute atomic E-state index is 0.0527. The van der Waals surface area contributed by atoms with Gasteiger partial charge in [-0.15, -0.1) is 0 Å². The van der Waals surface area contributed by atoms with Gasteiger partial charge in [0.05, 0.1) is 11.0 Å². The molecule has 6 nitrogen and oxygen atoms in total. The molecular weight excluding hydrogens is 386 g/mol. The maximum absolute atomic E-state index is 11.2. The van der Waals surface area contributed by atoms with E-state index in [1.807, 2.05) is 24.3 Å². The zero-order chi connectivity index (χ0) is 21.4. The van der Waals surface area contributed by atoms with Gasteiger partial charge in [0.25, 0.3) is 0 Å². The van der Waals surface area contributed by atoms with Crippen LogP contribution in [0.3, 0.4) is 0 Å². The smallest absolute Gasteiger partial charge is 0.221 e. The molecule has 31 heavy (non-hydrogen) atoms. The summed E-state index contributed by atoms with van der Waals surface area (Å²) in [5, 5.41) is 2.82. The van der Waals surface area contributed by atoms with E-state index in [0.29, 0.717) is 0 Å². The first kappa shape index (κ1) is 20.2. The summed E-state index contributed by atoms with van der Waals surface area (Å²) in [6.45, 7) is 7.18. The second kappa shape index (κ2) is 8.44. The van der Waals surface area contributed by atoms with Crippen LogP contribution in [0.4, 0.5) is 5.69 Å². The Morgan fingerprint density at radius 1 is 0.968 bits per heavy atom.